The SMILES string of the molecule is CCc1c(Cl)ncnc1Sc1ccccn1. The first-order valence-electron chi connectivity index (χ1n) is 4.89. The molecule has 0 N–H and O–H groups in total. The maximum absolute atomic E-state index is 6.01. The van der Waals surface area contributed by atoms with E-state index in [9.17, 15) is 0 Å². The third-order valence-corrected chi connectivity index (χ3v) is 3.37. The van der Waals surface area contributed by atoms with E-state index in [1.807, 2.05) is 25.1 Å². The topological polar surface area (TPSA) is 38.7 Å². The third kappa shape index (κ3) is 2.51. The Kier molecular flexibility index (Phi) is 3.74. The largest absolute Gasteiger partial charge is 0.250 e. The van der Waals surface area contributed by atoms with Gasteiger partial charge in [0.05, 0.1) is 0 Å². The molecule has 0 saturated heterocycles. The molecule has 16 heavy (non-hydrogen) atoms. The Labute approximate surface area is 103 Å². The summed E-state index contributed by atoms with van der Waals surface area (Å²) < 4.78 is 0. The average Bonchev–Trinajstić information content (AvgIpc) is 2.31. The Hall–Kier alpha value is -1.13. The molecule has 0 aliphatic carbocycles. The van der Waals surface area contributed by atoms with Crippen molar-refractivity contribution in [2.75, 3.05) is 0 Å². The normalized spacial score (nSPS) is 10.4. The van der Waals surface area contributed by atoms with E-state index < -0.39 is 0 Å². The van der Waals surface area contributed by atoms with E-state index in [-0.39, 0.29) is 0 Å². The molecule has 0 bridgehead atoms. The summed E-state index contributed by atoms with van der Waals surface area (Å²) in [7, 11) is 0. The van der Waals surface area contributed by atoms with Crippen LogP contribution in [0.4, 0.5) is 0 Å². The third-order valence-electron chi connectivity index (χ3n) is 2.05. The molecule has 0 fully saturated rings. The molecule has 0 amide bonds. The van der Waals surface area contributed by atoms with Crippen LogP contribution in [0.2, 0.25) is 5.15 Å². The fourth-order valence-electron chi connectivity index (χ4n) is 1.27. The number of hydrogen-bond acceptors (Lipinski definition) is 4. The minimum atomic E-state index is 0.524. The molecule has 2 rings (SSSR count). The lowest BCUT2D eigenvalue weighted by molar-refractivity contribution is 0.941. The molecule has 0 radical (unpaired) electrons. The molecule has 0 atom stereocenters. The molecule has 3 nitrogen and oxygen atoms in total. The lowest BCUT2D eigenvalue weighted by Crippen LogP contribution is -1.94. The van der Waals surface area contributed by atoms with Crippen molar-refractivity contribution in [2.24, 2.45) is 0 Å². The van der Waals surface area contributed by atoms with E-state index in [1.165, 1.54) is 18.1 Å². The van der Waals surface area contributed by atoms with Crippen molar-refractivity contribution in [3.63, 3.8) is 0 Å². The number of halogens is 1. The molecule has 0 unspecified atom stereocenters. The molecule has 5 heteroatoms. The van der Waals surface area contributed by atoms with Crippen LogP contribution in [0, 0.1) is 0 Å². The van der Waals surface area contributed by atoms with Crippen LogP contribution in [0.3, 0.4) is 0 Å². The summed E-state index contributed by atoms with van der Waals surface area (Å²) >= 11 is 7.52. The highest BCUT2D eigenvalue weighted by molar-refractivity contribution is 7.99. The molecular weight excluding hydrogens is 242 g/mol. The molecule has 2 aromatic heterocycles. The van der Waals surface area contributed by atoms with E-state index in [2.05, 4.69) is 15.0 Å². The first-order valence-corrected chi connectivity index (χ1v) is 6.09. The van der Waals surface area contributed by atoms with Crippen LogP contribution in [-0.4, -0.2) is 15.0 Å². The van der Waals surface area contributed by atoms with Crippen LogP contribution in [0.15, 0.2) is 40.8 Å². The van der Waals surface area contributed by atoms with Gasteiger partial charge in [-0.15, -0.1) is 0 Å². The predicted octanol–water partition coefficient (Wildman–Crippen LogP) is 3.24. The predicted molar refractivity (Wildman–Crippen MR) is 64.8 cm³/mol. The minimum Gasteiger partial charge on any atom is -0.250 e. The average molecular weight is 252 g/mol. The van der Waals surface area contributed by atoms with Crippen molar-refractivity contribution >= 4 is 23.4 Å². The summed E-state index contributed by atoms with van der Waals surface area (Å²) in [5.74, 6) is 0. The van der Waals surface area contributed by atoms with E-state index in [1.54, 1.807) is 6.20 Å². The van der Waals surface area contributed by atoms with Gasteiger partial charge in [0.2, 0.25) is 0 Å². The van der Waals surface area contributed by atoms with Gasteiger partial charge < -0.3 is 0 Å². The zero-order valence-corrected chi connectivity index (χ0v) is 10.3. The van der Waals surface area contributed by atoms with Crippen LogP contribution in [0.5, 0.6) is 0 Å². The first kappa shape index (κ1) is 11.4. The summed E-state index contributed by atoms with van der Waals surface area (Å²) in [6, 6.07) is 5.78. The molecular formula is C11H10ClN3S. The lowest BCUT2D eigenvalue weighted by Gasteiger charge is -2.06. The van der Waals surface area contributed by atoms with Gasteiger partial charge in [0.15, 0.2) is 0 Å². The zero-order valence-electron chi connectivity index (χ0n) is 8.72. The second kappa shape index (κ2) is 5.27. The van der Waals surface area contributed by atoms with Crippen molar-refractivity contribution in [2.45, 2.75) is 23.4 Å². The monoisotopic (exact) mass is 251 g/mol. The van der Waals surface area contributed by atoms with Gasteiger partial charge >= 0.3 is 0 Å². The van der Waals surface area contributed by atoms with Gasteiger partial charge in [-0.3, -0.25) is 0 Å². The van der Waals surface area contributed by atoms with Gasteiger partial charge in [-0.1, -0.05) is 24.6 Å². The molecule has 0 spiro atoms. The van der Waals surface area contributed by atoms with Crippen molar-refractivity contribution in [3.8, 4) is 0 Å². The number of pyridine rings is 1. The number of hydrogen-bond donors (Lipinski definition) is 0. The van der Waals surface area contributed by atoms with E-state index in [0.717, 1.165) is 22.0 Å². The van der Waals surface area contributed by atoms with E-state index in [0.29, 0.717) is 5.15 Å². The van der Waals surface area contributed by atoms with Crippen molar-refractivity contribution in [3.05, 3.63) is 41.4 Å². The summed E-state index contributed by atoms with van der Waals surface area (Å²) in [4.78, 5) is 12.4. The number of aromatic nitrogens is 3. The Bertz CT molecular complexity index is 476. The summed E-state index contributed by atoms with van der Waals surface area (Å²) in [5, 5.41) is 2.31. The molecule has 2 heterocycles. The Morgan fingerprint density at radius 3 is 2.81 bits per heavy atom. The second-order valence-corrected chi connectivity index (χ2v) is 4.44. The van der Waals surface area contributed by atoms with Crippen molar-refractivity contribution in [1.29, 1.82) is 0 Å². The van der Waals surface area contributed by atoms with Crippen LogP contribution in [0.1, 0.15) is 12.5 Å². The van der Waals surface area contributed by atoms with E-state index in [4.69, 9.17) is 11.6 Å². The molecule has 0 aliphatic rings. The number of rotatable bonds is 3. The van der Waals surface area contributed by atoms with Crippen LogP contribution in [0.25, 0.3) is 0 Å². The lowest BCUT2D eigenvalue weighted by atomic mass is 10.3. The first-order chi connectivity index (χ1) is 7.81. The summed E-state index contributed by atoms with van der Waals surface area (Å²) in [6.07, 6.45) is 4.05. The summed E-state index contributed by atoms with van der Waals surface area (Å²) in [5.41, 5.74) is 0.972. The summed E-state index contributed by atoms with van der Waals surface area (Å²) in [6.45, 7) is 2.03. The zero-order chi connectivity index (χ0) is 11.4. The highest BCUT2D eigenvalue weighted by Crippen LogP contribution is 2.29. The van der Waals surface area contributed by atoms with Gasteiger partial charge in [-0.05, 0) is 30.3 Å². The Morgan fingerprint density at radius 2 is 2.12 bits per heavy atom. The Balaban J connectivity index is 2.31. The second-order valence-electron chi connectivity index (χ2n) is 3.07. The van der Waals surface area contributed by atoms with Crippen molar-refractivity contribution < 1.29 is 0 Å². The maximum atomic E-state index is 6.01. The van der Waals surface area contributed by atoms with Gasteiger partial charge in [-0.25, -0.2) is 15.0 Å². The van der Waals surface area contributed by atoms with Gasteiger partial charge in [0, 0.05) is 11.8 Å². The Morgan fingerprint density at radius 1 is 1.25 bits per heavy atom. The molecule has 0 aromatic carbocycles. The van der Waals surface area contributed by atoms with Gasteiger partial charge in [0.1, 0.15) is 21.5 Å². The highest BCUT2D eigenvalue weighted by Gasteiger charge is 2.09. The van der Waals surface area contributed by atoms with Crippen LogP contribution >= 0.6 is 23.4 Å². The fraction of sp³-hybridized carbons (Fsp3) is 0.182. The van der Waals surface area contributed by atoms with Gasteiger partial charge in [0.25, 0.3) is 0 Å². The quantitative estimate of drug-likeness (QED) is 0.785. The molecule has 2 aromatic rings. The minimum absolute atomic E-state index is 0.524. The molecule has 0 aliphatic heterocycles. The highest BCUT2D eigenvalue weighted by atomic mass is 35.5. The smallest absolute Gasteiger partial charge is 0.136 e. The molecule has 0 saturated carbocycles. The van der Waals surface area contributed by atoms with Crippen LogP contribution < -0.4 is 0 Å². The van der Waals surface area contributed by atoms with Gasteiger partial charge in [-0.2, -0.15) is 0 Å². The number of nitrogens with zero attached hydrogens (tertiary/aromatic N) is 3. The standard InChI is InChI=1S/C11H10ClN3S/c1-2-8-10(12)14-7-15-11(8)16-9-5-3-4-6-13-9/h3-7H,2H2,1H3. The molecule has 82 valence electrons. The maximum Gasteiger partial charge on any atom is 0.136 e. The van der Waals surface area contributed by atoms with Crippen molar-refractivity contribution in [1.82, 2.24) is 15.0 Å². The van der Waals surface area contributed by atoms with E-state index >= 15 is 0 Å². The van der Waals surface area contributed by atoms with Crippen LogP contribution in [-0.2, 0) is 6.42 Å². The fourth-order valence-corrected chi connectivity index (χ4v) is 2.51.